The Bertz CT molecular complexity index is 1530. The van der Waals surface area contributed by atoms with Crippen molar-refractivity contribution in [1.82, 2.24) is 0 Å². The SMILES string of the molecule is COc1cc([C@@H]2c3cc4c(cc3[C@@H](O[C@@H]3O[C@@H]5CO[C@H](C)O[C@H]5[C@H](O)[C@@H]3O)[C@H]3COC(=O)[C@H]23)OCO4)cc(OC)c1OP(=O)(O)O. The summed E-state index contributed by atoms with van der Waals surface area (Å²) in [5.41, 5.74) is 1.65. The van der Waals surface area contributed by atoms with Gasteiger partial charge >= 0.3 is 13.8 Å². The van der Waals surface area contributed by atoms with Gasteiger partial charge in [-0.3, -0.25) is 14.6 Å². The molecule has 0 amide bonds. The van der Waals surface area contributed by atoms with Crippen LogP contribution in [0.3, 0.4) is 0 Å². The van der Waals surface area contributed by atoms with Crippen LogP contribution < -0.4 is 23.5 Å². The molecular weight excluding hydrogens is 635 g/mol. The summed E-state index contributed by atoms with van der Waals surface area (Å²) < 4.78 is 68.1. The number of rotatable bonds is 7. The van der Waals surface area contributed by atoms with Crippen LogP contribution in [0.15, 0.2) is 24.3 Å². The van der Waals surface area contributed by atoms with Crippen molar-refractivity contribution in [3.05, 3.63) is 41.0 Å². The summed E-state index contributed by atoms with van der Waals surface area (Å²) in [6.45, 7) is 1.72. The minimum Gasteiger partial charge on any atom is -0.493 e. The number of phosphoric ester groups is 1. The molecule has 3 fully saturated rings. The molecular formula is C29H33O16P. The maximum Gasteiger partial charge on any atom is 0.525 e. The first kappa shape index (κ1) is 31.4. The van der Waals surface area contributed by atoms with E-state index in [2.05, 4.69) is 0 Å². The topological polar surface area (TPSA) is 207 Å². The number of methoxy groups -OCH3 is 2. The van der Waals surface area contributed by atoms with Crippen LogP contribution >= 0.6 is 7.82 Å². The number of esters is 1. The summed E-state index contributed by atoms with van der Waals surface area (Å²) >= 11 is 0. The highest BCUT2D eigenvalue weighted by Crippen LogP contribution is 2.57. The molecule has 4 aliphatic heterocycles. The summed E-state index contributed by atoms with van der Waals surface area (Å²) in [5.74, 6) is -2.25. The molecule has 4 N–H and O–H groups in total. The second-order valence-corrected chi connectivity index (χ2v) is 12.7. The molecule has 7 rings (SSSR count). The maximum absolute atomic E-state index is 13.5. The van der Waals surface area contributed by atoms with Crippen molar-refractivity contribution in [2.24, 2.45) is 11.8 Å². The fourth-order valence-electron chi connectivity index (χ4n) is 6.93. The number of phosphoric acid groups is 1. The van der Waals surface area contributed by atoms with E-state index >= 15 is 0 Å². The molecule has 2 aromatic rings. The van der Waals surface area contributed by atoms with E-state index in [1.165, 1.54) is 26.4 Å². The van der Waals surface area contributed by atoms with E-state index in [9.17, 15) is 29.4 Å². The Morgan fingerprint density at radius 2 is 1.57 bits per heavy atom. The van der Waals surface area contributed by atoms with Gasteiger partial charge in [-0.05, 0) is 47.9 Å². The number of fused-ring (bicyclic) bond motifs is 4. The average molecular weight is 669 g/mol. The van der Waals surface area contributed by atoms with E-state index in [4.69, 9.17) is 47.2 Å². The molecule has 0 spiro atoms. The van der Waals surface area contributed by atoms with Gasteiger partial charge in [0.05, 0.1) is 39.5 Å². The fourth-order valence-corrected chi connectivity index (χ4v) is 7.35. The Morgan fingerprint density at radius 3 is 2.22 bits per heavy atom. The Morgan fingerprint density at radius 1 is 0.891 bits per heavy atom. The molecule has 0 radical (unpaired) electrons. The third kappa shape index (κ3) is 5.37. The molecule has 4 heterocycles. The van der Waals surface area contributed by atoms with Gasteiger partial charge in [-0.25, -0.2) is 4.57 Å². The van der Waals surface area contributed by atoms with Gasteiger partial charge in [-0.2, -0.15) is 0 Å². The number of ether oxygens (including phenoxy) is 9. The summed E-state index contributed by atoms with van der Waals surface area (Å²) in [5, 5.41) is 22.0. The average Bonchev–Trinajstić information content (AvgIpc) is 3.64. The normalized spacial score (nSPS) is 34.6. The van der Waals surface area contributed by atoms with Gasteiger partial charge in [0.2, 0.25) is 12.5 Å². The lowest BCUT2D eigenvalue weighted by Crippen LogP contribution is -2.63. The number of cyclic esters (lactones) is 1. The van der Waals surface area contributed by atoms with Gasteiger partial charge in [0, 0.05) is 11.8 Å². The molecule has 10 atom stereocenters. The highest BCUT2D eigenvalue weighted by molar-refractivity contribution is 7.46. The van der Waals surface area contributed by atoms with Crippen molar-refractivity contribution in [2.75, 3.05) is 34.2 Å². The van der Waals surface area contributed by atoms with Gasteiger partial charge in [0.25, 0.3) is 0 Å². The zero-order valence-electron chi connectivity index (χ0n) is 24.8. The number of benzene rings is 2. The lowest BCUT2D eigenvalue weighted by atomic mass is 9.66. The van der Waals surface area contributed by atoms with Crippen molar-refractivity contribution in [3.63, 3.8) is 0 Å². The Balaban J connectivity index is 1.32. The molecule has 0 unspecified atom stereocenters. The first-order valence-electron chi connectivity index (χ1n) is 14.5. The van der Waals surface area contributed by atoms with Crippen LogP contribution in [-0.2, 0) is 33.0 Å². The van der Waals surface area contributed by atoms with Crippen molar-refractivity contribution < 1.29 is 76.5 Å². The number of carbonyl (C=O) groups excluding carboxylic acids is 1. The van der Waals surface area contributed by atoms with Crippen LogP contribution in [-0.4, -0.2) is 97.2 Å². The highest BCUT2D eigenvalue weighted by Gasteiger charge is 2.56. The standard InChI is InChI=1S/C29H33O16P/c1-11-38-9-20-27(42-11)23(30)24(31)29(43-20)44-25-14-7-17-16(40-10-41-17)6-13(14)21(22-15(25)8-39-28(22)32)12-4-18(36-2)26(19(5-12)37-3)45-46(33,34)35/h4-7,11,15,20-25,27,29-31H,8-10H2,1-3H3,(H2,33,34,35)/t11-,15-,20+,21+,22-,23+,24-,25+,27+,29-/m0/s1. The molecule has 1 aliphatic carbocycles. The number of hydrogen-bond donors (Lipinski definition) is 4. The zero-order chi connectivity index (χ0) is 32.5. The highest BCUT2D eigenvalue weighted by atomic mass is 31.2. The molecule has 0 bridgehead atoms. The van der Waals surface area contributed by atoms with E-state index in [1.54, 1.807) is 19.1 Å². The Hall–Kier alpha value is -3.18. The largest absolute Gasteiger partial charge is 0.525 e. The third-order valence-corrected chi connectivity index (χ3v) is 9.36. The van der Waals surface area contributed by atoms with E-state index < -0.39 is 74.6 Å². The van der Waals surface area contributed by atoms with Crippen LogP contribution in [0.4, 0.5) is 0 Å². The van der Waals surface area contributed by atoms with Crippen molar-refractivity contribution in [2.45, 2.75) is 55.9 Å². The second-order valence-electron chi connectivity index (χ2n) is 11.6. The van der Waals surface area contributed by atoms with Crippen molar-refractivity contribution in [1.29, 1.82) is 0 Å². The van der Waals surface area contributed by atoms with Crippen LogP contribution in [0.5, 0.6) is 28.7 Å². The predicted octanol–water partition coefficient (Wildman–Crippen LogP) is 1.10. The maximum atomic E-state index is 13.5. The van der Waals surface area contributed by atoms with E-state index in [1.807, 2.05) is 0 Å². The number of aliphatic hydroxyl groups excluding tert-OH is 2. The molecule has 46 heavy (non-hydrogen) atoms. The molecule has 0 saturated carbocycles. The van der Waals surface area contributed by atoms with Crippen LogP contribution in [0, 0.1) is 11.8 Å². The predicted molar refractivity (Wildman–Crippen MR) is 149 cm³/mol. The van der Waals surface area contributed by atoms with Crippen LogP contribution in [0.1, 0.15) is 35.6 Å². The molecule has 0 aromatic heterocycles. The van der Waals surface area contributed by atoms with Crippen molar-refractivity contribution >= 4 is 13.8 Å². The molecule has 250 valence electrons. The van der Waals surface area contributed by atoms with Gasteiger partial charge in [0.15, 0.2) is 35.6 Å². The zero-order valence-corrected chi connectivity index (χ0v) is 25.7. The van der Waals surface area contributed by atoms with Crippen LogP contribution in [0.25, 0.3) is 0 Å². The van der Waals surface area contributed by atoms with Gasteiger partial charge in [-0.1, -0.05) is 0 Å². The van der Waals surface area contributed by atoms with Crippen molar-refractivity contribution in [3.8, 4) is 28.7 Å². The minimum atomic E-state index is -5.00. The third-order valence-electron chi connectivity index (χ3n) is 8.94. The Labute approximate surface area is 262 Å². The molecule has 5 aliphatic rings. The lowest BCUT2D eigenvalue weighted by molar-refractivity contribution is -0.364. The van der Waals surface area contributed by atoms with Crippen LogP contribution in [0.2, 0.25) is 0 Å². The van der Waals surface area contributed by atoms with Gasteiger partial charge in [0.1, 0.15) is 24.4 Å². The first-order valence-corrected chi connectivity index (χ1v) is 16.1. The summed E-state index contributed by atoms with van der Waals surface area (Å²) in [4.78, 5) is 32.5. The minimum absolute atomic E-state index is 0.0303. The van der Waals surface area contributed by atoms with E-state index in [0.29, 0.717) is 28.2 Å². The van der Waals surface area contributed by atoms with Gasteiger partial charge < -0.3 is 57.4 Å². The van der Waals surface area contributed by atoms with E-state index in [-0.39, 0.29) is 37.3 Å². The number of carbonyl (C=O) groups is 1. The molecule has 16 nitrogen and oxygen atoms in total. The lowest BCUT2D eigenvalue weighted by Gasteiger charge is -2.47. The smallest absolute Gasteiger partial charge is 0.493 e. The fraction of sp³-hybridized carbons (Fsp3) is 0.552. The summed E-state index contributed by atoms with van der Waals surface area (Å²) in [6, 6.07) is 6.47. The first-order chi connectivity index (χ1) is 22.0. The quantitative estimate of drug-likeness (QED) is 0.241. The van der Waals surface area contributed by atoms with Gasteiger partial charge in [-0.15, -0.1) is 0 Å². The second kappa shape index (κ2) is 11.8. The summed E-state index contributed by atoms with van der Waals surface area (Å²) in [7, 11) is -2.40. The summed E-state index contributed by atoms with van der Waals surface area (Å²) in [6.07, 6.45) is -7.18. The molecule has 2 aromatic carbocycles. The number of aliphatic hydroxyl groups is 2. The number of hydrogen-bond acceptors (Lipinski definition) is 14. The van der Waals surface area contributed by atoms with E-state index in [0.717, 1.165) is 0 Å². The Kier molecular flexibility index (Phi) is 8.07. The molecule has 17 heteroatoms. The molecule has 3 saturated heterocycles. The monoisotopic (exact) mass is 668 g/mol.